The fourth-order valence-corrected chi connectivity index (χ4v) is 2.47. The average molecular weight is 253 g/mol. The molecular formula is C16H31NO. The minimum Gasteiger partial charge on any atom is -0.339 e. The monoisotopic (exact) mass is 253 g/mol. The SMILES string of the molecule is C[C@H](CC(C)(C)C)N(CC1CC1)C(=O)C(C)(C)C. The lowest BCUT2D eigenvalue weighted by Crippen LogP contribution is -2.46. The first-order valence-corrected chi connectivity index (χ1v) is 7.32. The Morgan fingerprint density at radius 1 is 1.17 bits per heavy atom. The van der Waals surface area contributed by atoms with E-state index in [4.69, 9.17) is 0 Å². The summed E-state index contributed by atoms with van der Waals surface area (Å²) in [7, 11) is 0. The van der Waals surface area contributed by atoms with Gasteiger partial charge in [-0.3, -0.25) is 4.79 Å². The molecular weight excluding hydrogens is 222 g/mol. The Labute approximate surface area is 113 Å². The molecule has 0 aromatic carbocycles. The van der Waals surface area contributed by atoms with E-state index >= 15 is 0 Å². The van der Waals surface area contributed by atoms with Gasteiger partial charge in [0.15, 0.2) is 0 Å². The lowest BCUT2D eigenvalue weighted by Gasteiger charge is -2.37. The fraction of sp³-hybridized carbons (Fsp3) is 0.938. The summed E-state index contributed by atoms with van der Waals surface area (Å²) in [5.41, 5.74) is 0.0143. The van der Waals surface area contributed by atoms with E-state index in [1.165, 1.54) is 12.8 Å². The van der Waals surface area contributed by atoms with Gasteiger partial charge in [0.2, 0.25) is 5.91 Å². The molecule has 2 nitrogen and oxygen atoms in total. The zero-order chi connectivity index (χ0) is 14.1. The third kappa shape index (κ3) is 4.99. The number of rotatable bonds is 4. The molecule has 0 aromatic heterocycles. The molecule has 0 unspecified atom stereocenters. The van der Waals surface area contributed by atoms with Crippen LogP contribution in [0.4, 0.5) is 0 Å². The van der Waals surface area contributed by atoms with Crippen LogP contribution in [-0.4, -0.2) is 23.4 Å². The standard InChI is InChI=1S/C16H31NO/c1-12(10-15(2,3)4)17(11-13-8-9-13)14(18)16(5,6)7/h12-13H,8-11H2,1-7H3/t12-/m1/s1. The number of carbonyl (C=O) groups is 1. The average Bonchev–Trinajstić information content (AvgIpc) is 2.91. The van der Waals surface area contributed by atoms with Crippen molar-refractivity contribution >= 4 is 5.91 Å². The molecule has 0 aliphatic heterocycles. The number of hydrogen-bond acceptors (Lipinski definition) is 1. The molecule has 0 bridgehead atoms. The summed E-state index contributed by atoms with van der Waals surface area (Å²) in [6, 6.07) is 0.345. The number of carbonyl (C=O) groups excluding carboxylic acids is 1. The zero-order valence-corrected chi connectivity index (χ0v) is 13.3. The topological polar surface area (TPSA) is 20.3 Å². The summed E-state index contributed by atoms with van der Waals surface area (Å²) in [4.78, 5) is 14.7. The highest BCUT2D eigenvalue weighted by Gasteiger charge is 2.35. The maximum absolute atomic E-state index is 12.6. The van der Waals surface area contributed by atoms with Gasteiger partial charge in [-0.05, 0) is 37.5 Å². The molecule has 18 heavy (non-hydrogen) atoms. The molecule has 1 amide bonds. The van der Waals surface area contributed by atoms with Crippen molar-refractivity contribution < 1.29 is 4.79 Å². The van der Waals surface area contributed by atoms with Gasteiger partial charge in [-0.1, -0.05) is 41.5 Å². The Bertz CT molecular complexity index is 291. The van der Waals surface area contributed by atoms with Gasteiger partial charge < -0.3 is 4.90 Å². The molecule has 106 valence electrons. The van der Waals surface area contributed by atoms with Gasteiger partial charge in [-0.15, -0.1) is 0 Å². The summed E-state index contributed by atoms with van der Waals surface area (Å²) >= 11 is 0. The van der Waals surface area contributed by atoms with Gasteiger partial charge in [0.1, 0.15) is 0 Å². The first-order valence-electron chi connectivity index (χ1n) is 7.32. The Morgan fingerprint density at radius 2 is 1.67 bits per heavy atom. The van der Waals surface area contributed by atoms with Crippen molar-refractivity contribution in [2.24, 2.45) is 16.7 Å². The highest BCUT2D eigenvalue weighted by atomic mass is 16.2. The third-order valence-electron chi connectivity index (χ3n) is 3.49. The lowest BCUT2D eigenvalue weighted by molar-refractivity contribution is -0.142. The molecule has 2 heteroatoms. The smallest absolute Gasteiger partial charge is 0.228 e. The van der Waals surface area contributed by atoms with E-state index in [1.807, 2.05) is 20.8 Å². The van der Waals surface area contributed by atoms with Gasteiger partial charge in [-0.25, -0.2) is 0 Å². The molecule has 1 saturated carbocycles. The van der Waals surface area contributed by atoms with Gasteiger partial charge in [0.25, 0.3) is 0 Å². The van der Waals surface area contributed by atoms with E-state index < -0.39 is 0 Å². The second-order valence-electron chi connectivity index (χ2n) is 8.26. The maximum Gasteiger partial charge on any atom is 0.228 e. The van der Waals surface area contributed by atoms with E-state index in [9.17, 15) is 4.79 Å². The van der Waals surface area contributed by atoms with Gasteiger partial charge in [0, 0.05) is 18.0 Å². The molecule has 1 atom stereocenters. The molecule has 0 aromatic rings. The predicted octanol–water partition coefficient (Wildman–Crippen LogP) is 4.10. The van der Waals surface area contributed by atoms with E-state index in [-0.39, 0.29) is 10.8 Å². The normalized spacial score (nSPS) is 18.6. The Balaban J connectivity index is 2.73. The van der Waals surface area contributed by atoms with Gasteiger partial charge >= 0.3 is 0 Å². The maximum atomic E-state index is 12.6. The van der Waals surface area contributed by atoms with Crippen LogP contribution in [0.15, 0.2) is 0 Å². The molecule has 1 fully saturated rings. The minimum absolute atomic E-state index is 0.263. The van der Waals surface area contributed by atoms with Crippen molar-refractivity contribution in [2.75, 3.05) is 6.54 Å². The van der Waals surface area contributed by atoms with Crippen LogP contribution in [0.1, 0.15) is 67.7 Å². The zero-order valence-electron chi connectivity index (χ0n) is 13.3. The van der Waals surface area contributed by atoms with E-state index in [1.54, 1.807) is 0 Å². The summed E-state index contributed by atoms with van der Waals surface area (Å²) in [5, 5.41) is 0. The molecule has 0 radical (unpaired) electrons. The largest absolute Gasteiger partial charge is 0.339 e. The van der Waals surface area contributed by atoms with Gasteiger partial charge in [-0.2, -0.15) is 0 Å². The first kappa shape index (κ1) is 15.5. The van der Waals surface area contributed by atoms with Crippen molar-refractivity contribution in [3.63, 3.8) is 0 Å². The highest BCUT2D eigenvalue weighted by Crippen LogP contribution is 2.34. The van der Waals surface area contributed by atoms with E-state index in [0.29, 0.717) is 11.9 Å². The number of nitrogens with zero attached hydrogens (tertiary/aromatic N) is 1. The summed E-state index contributed by atoms with van der Waals surface area (Å²) in [5.74, 6) is 1.07. The van der Waals surface area contributed by atoms with Crippen LogP contribution in [0.2, 0.25) is 0 Å². The van der Waals surface area contributed by atoms with Crippen LogP contribution in [0.3, 0.4) is 0 Å². The van der Waals surface area contributed by atoms with E-state index in [2.05, 4.69) is 32.6 Å². The minimum atomic E-state index is -0.263. The van der Waals surface area contributed by atoms with Crippen LogP contribution < -0.4 is 0 Å². The fourth-order valence-electron chi connectivity index (χ4n) is 2.47. The van der Waals surface area contributed by atoms with Crippen molar-refractivity contribution in [1.82, 2.24) is 4.90 Å². The second-order valence-corrected chi connectivity index (χ2v) is 8.26. The molecule has 1 aliphatic rings. The Morgan fingerprint density at radius 3 is 2.00 bits per heavy atom. The quantitative estimate of drug-likeness (QED) is 0.739. The first-order chi connectivity index (χ1) is 8.00. The molecule has 0 saturated heterocycles. The molecule has 0 spiro atoms. The molecule has 1 aliphatic carbocycles. The van der Waals surface area contributed by atoms with Crippen LogP contribution in [-0.2, 0) is 4.79 Å². The van der Waals surface area contributed by atoms with Crippen molar-refractivity contribution in [1.29, 1.82) is 0 Å². The molecule has 0 heterocycles. The molecule has 0 N–H and O–H groups in total. The highest BCUT2D eigenvalue weighted by molar-refractivity contribution is 5.81. The predicted molar refractivity (Wildman–Crippen MR) is 77.4 cm³/mol. The Kier molecular flexibility index (Phi) is 4.51. The van der Waals surface area contributed by atoms with Crippen molar-refractivity contribution in [3.05, 3.63) is 0 Å². The number of amides is 1. The summed E-state index contributed by atoms with van der Waals surface area (Å²) in [6.07, 6.45) is 3.67. The van der Waals surface area contributed by atoms with Crippen molar-refractivity contribution in [3.8, 4) is 0 Å². The summed E-state index contributed by atoms with van der Waals surface area (Å²) in [6.45, 7) is 16.0. The molecule has 1 rings (SSSR count). The second kappa shape index (κ2) is 5.22. The van der Waals surface area contributed by atoms with Crippen LogP contribution in [0.5, 0.6) is 0 Å². The Hall–Kier alpha value is -0.530. The van der Waals surface area contributed by atoms with Crippen LogP contribution >= 0.6 is 0 Å². The van der Waals surface area contributed by atoms with Crippen molar-refractivity contribution in [2.45, 2.75) is 73.8 Å². The van der Waals surface area contributed by atoms with E-state index in [0.717, 1.165) is 18.9 Å². The van der Waals surface area contributed by atoms with Crippen LogP contribution in [0.25, 0.3) is 0 Å². The van der Waals surface area contributed by atoms with Crippen LogP contribution in [0, 0.1) is 16.7 Å². The third-order valence-corrected chi connectivity index (χ3v) is 3.49. The summed E-state index contributed by atoms with van der Waals surface area (Å²) < 4.78 is 0. The lowest BCUT2D eigenvalue weighted by atomic mass is 9.86. The number of hydrogen-bond donors (Lipinski definition) is 0. The van der Waals surface area contributed by atoms with Gasteiger partial charge in [0.05, 0.1) is 0 Å².